The summed E-state index contributed by atoms with van der Waals surface area (Å²) < 4.78 is 1.63. The van der Waals surface area contributed by atoms with Crippen LogP contribution >= 0.6 is 11.6 Å². The molecular weight excluding hydrogens is 288 g/mol. The Labute approximate surface area is 129 Å². The van der Waals surface area contributed by atoms with E-state index < -0.39 is 5.41 Å². The number of hydrogen-bond donors (Lipinski definition) is 2. The zero-order chi connectivity index (χ0) is 15.5. The number of para-hydroxylation sites is 1. The molecule has 6 heteroatoms. The van der Waals surface area contributed by atoms with Gasteiger partial charge >= 0.3 is 0 Å². The fourth-order valence-corrected chi connectivity index (χ4v) is 2.18. The number of amides is 1. The van der Waals surface area contributed by atoms with E-state index in [1.165, 1.54) is 0 Å². The minimum absolute atomic E-state index is 0.122. The average Bonchev–Trinajstić information content (AvgIpc) is 3.00. The van der Waals surface area contributed by atoms with Crippen LogP contribution in [0.5, 0.6) is 0 Å². The lowest BCUT2D eigenvalue weighted by Gasteiger charge is -2.25. The molecule has 21 heavy (non-hydrogen) atoms. The fraction of sp³-hybridized carbons (Fsp3) is 0.333. The molecule has 1 atom stereocenters. The Bertz CT molecular complexity index is 621. The highest BCUT2D eigenvalue weighted by atomic mass is 35.5. The molecule has 1 amide bonds. The molecule has 0 aliphatic heterocycles. The van der Waals surface area contributed by atoms with Crippen molar-refractivity contribution in [2.24, 2.45) is 11.1 Å². The SMILES string of the molecule is CCC(C)(CN)C(=O)Nc1cccc(Cl)c1-n1cccn1. The van der Waals surface area contributed by atoms with E-state index in [1.54, 1.807) is 41.3 Å². The minimum Gasteiger partial charge on any atom is -0.329 e. The molecule has 1 unspecified atom stereocenters. The van der Waals surface area contributed by atoms with Crippen LogP contribution < -0.4 is 11.1 Å². The Balaban J connectivity index is 2.38. The monoisotopic (exact) mass is 306 g/mol. The van der Waals surface area contributed by atoms with Crippen molar-refractivity contribution >= 4 is 23.2 Å². The maximum Gasteiger partial charge on any atom is 0.231 e. The van der Waals surface area contributed by atoms with Gasteiger partial charge in [0.05, 0.1) is 16.1 Å². The van der Waals surface area contributed by atoms with E-state index in [0.717, 1.165) is 0 Å². The third kappa shape index (κ3) is 3.09. The number of nitrogens with one attached hydrogen (secondary N) is 1. The molecule has 3 N–H and O–H groups in total. The van der Waals surface area contributed by atoms with Gasteiger partial charge in [-0.2, -0.15) is 5.10 Å². The second-order valence-corrected chi connectivity index (χ2v) is 5.57. The van der Waals surface area contributed by atoms with Gasteiger partial charge in [-0.15, -0.1) is 0 Å². The molecule has 0 bridgehead atoms. The number of nitrogens with two attached hydrogens (primary N) is 1. The van der Waals surface area contributed by atoms with Crippen LogP contribution in [0, 0.1) is 5.41 Å². The molecule has 1 heterocycles. The van der Waals surface area contributed by atoms with Crippen LogP contribution in [0.2, 0.25) is 5.02 Å². The molecule has 2 aromatic rings. The maximum atomic E-state index is 12.5. The highest BCUT2D eigenvalue weighted by Crippen LogP contribution is 2.30. The number of rotatable bonds is 5. The van der Waals surface area contributed by atoms with E-state index in [0.29, 0.717) is 22.8 Å². The first-order chi connectivity index (χ1) is 10.0. The lowest BCUT2D eigenvalue weighted by molar-refractivity contribution is -0.124. The van der Waals surface area contributed by atoms with Gasteiger partial charge in [0, 0.05) is 18.9 Å². The Morgan fingerprint density at radius 1 is 1.48 bits per heavy atom. The number of anilines is 1. The first kappa shape index (κ1) is 15.5. The van der Waals surface area contributed by atoms with Gasteiger partial charge in [-0.1, -0.05) is 24.6 Å². The largest absolute Gasteiger partial charge is 0.329 e. The molecule has 0 spiro atoms. The van der Waals surface area contributed by atoms with E-state index in [1.807, 2.05) is 13.8 Å². The second kappa shape index (κ2) is 6.28. The van der Waals surface area contributed by atoms with Gasteiger partial charge in [0.25, 0.3) is 0 Å². The normalized spacial score (nSPS) is 13.7. The number of benzene rings is 1. The Morgan fingerprint density at radius 3 is 2.81 bits per heavy atom. The number of carbonyl (C=O) groups excluding carboxylic acids is 1. The van der Waals surface area contributed by atoms with Crippen molar-refractivity contribution in [3.05, 3.63) is 41.7 Å². The fourth-order valence-electron chi connectivity index (χ4n) is 1.92. The van der Waals surface area contributed by atoms with Crippen molar-refractivity contribution in [2.45, 2.75) is 20.3 Å². The first-order valence-electron chi connectivity index (χ1n) is 6.82. The molecule has 2 rings (SSSR count). The topological polar surface area (TPSA) is 72.9 Å². The highest BCUT2D eigenvalue weighted by molar-refractivity contribution is 6.33. The zero-order valence-corrected chi connectivity index (χ0v) is 12.9. The summed E-state index contributed by atoms with van der Waals surface area (Å²) in [6.45, 7) is 4.08. The molecule has 112 valence electrons. The molecule has 0 fully saturated rings. The van der Waals surface area contributed by atoms with Crippen LogP contribution in [0.25, 0.3) is 5.69 Å². The number of aromatic nitrogens is 2. The van der Waals surface area contributed by atoms with Gasteiger partial charge in [0.2, 0.25) is 5.91 Å². The van der Waals surface area contributed by atoms with Crippen LogP contribution in [0.15, 0.2) is 36.7 Å². The summed E-state index contributed by atoms with van der Waals surface area (Å²) in [6.07, 6.45) is 4.09. The van der Waals surface area contributed by atoms with Crippen LogP contribution in [0.1, 0.15) is 20.3 Å². The van der Waals surface area contributed by atoms with Crippen molar-refractivity contribution in [2.75, 3.05) is 11.9 Å². The van der Waals surface area contributed by atoms with Crippen molar-refractivity contribution in [3.63, 3.8) is 0 Å². The number of carbonyl (C=O) groups is 1. The van der Waals surface area contributed by atoms with Gasteiger partial charge in [0.15, 0.2) is 0 Å². The summed E-state index contributed by atoms with van der Waals surface area (Å²) >= 11 is 6.25. The molecule has 0 radical (unpaired) electrons. The van der Waals surface area contributed by atoms with Gasteiger partial charge in [-0.05, 0) is 31.5 Å². The third-order valence-electron chi connectivity index (χ3n) is 3.75. The van der Waals surface area contributed by atoms with Gasteiger partial charge in [-0.3, -0.25) is 4.79 Å². The molecule has 0 saturated carbocycles. The van der Waals surface area contributed by atoms with Crippen molar-refractivity contribution < 1.29 is 4.79 Å². The Morgan fingerprint density at radius 2 is 2.24 bits per heavy atom. The van der Waals surface area contributed by atoms with Crippen molar-refractivity contribution in [3.8, 4) is 5.69 Å². The Kier molecular flexibility index (Phi) is 4.65. The summed E-state index contributed by atoms with van der Waals surface area (Å²) in [7, 11) is 0. The molecule has 0 aliphatic rings. The smallest absolute Gasteiger partial charge is 0.231 e. The molecular formula is C15H19ClN4O. The summed E-state index contributed by atoms with van der Waals surface area (Å²) in [6, 6.07) is 7.14. The summed E-state index contributed by atoms with van der Waals surface area (Å²) in [5.74, 6) is -0.122. The van der Waals surface area contributed by atoms with E-state index in [2.05, 4.69) is 10.4 Å². The van der Waals surface area contributed by atoms with E-state index in [4.69, 9.17) is 17.3 Å². The van der Waals surface area contributed by atoms with Gasteiger partial charge in [0.1, 0.15) is 5.69 Å². The number of hydrogen-bond acceptors (Lipinski definition) is 3. The van der Waals surface area contributed by atoms with Crippen molar-refractivity contribution in [1.29, 1.82) is 0 Å². The molecule has 0 saturated heterocycles. The van der Waals surface area contributed by atoms with Crippen LogP contribution in [0.4, 0.5) is 5.69 Å². The van der Waals surface area contributed by atoms with E-state index >= 15 is 0 Å². The highest BCUT2D eigenvalue weighted by Gasteiger charge is 2.30. The van der Waals surface area contributed by atoms with Gasteiger partial charge < -0.3 is 11.1 Å². The number of nitrogens with zero attached hydrogens (tertiary/aromatic N) is 2. The lowest BCUT2D eigenvalue weighted by atomic mass is 9.86. The molecule has 5 nitrogen and oxygen atoms in total. The Hall–Kier alpha value is -1.85. The summed E-state index contributed by atoms with van der Waals surface area (Å²) in [5, 5.41) is 7.61. The second-order valence-electron chi connectivity index (χ2n) is 5.16. The van der Waals surface area contributed by atoms with E-state index in [-0.39, 0.29) is 12.5 Å². The van der Waals surface area contributed by atoms with Crippen LogP contribution in [-0.2, 0) is 4.79 Å². The van der Waals surface area contributed by atoms with E-state index in [9.17, 15) is 4.79 Å². The molecule has 1 aromatic carbocycles. The standard InChI is InChI=1S/C15H19ClN4O/c1-3-15(2,10-17)14(21)19-12-7-4-6-11(16)13(12)20-9-5-8-18-20/h4-9H,3,10,17H2,1-2H3,(H,19,21). The number of halogens is 1. The summed E-state index contributed by atoms with van der Waals surface area (Å²) in [5.41, 5.74) is 6.38. The van der Waals surface area contributed by atoms with Crippen LogP contribution in [-0.4, -0.2) is 22.2 Å². The lowest BCUT2D eigenvalue weighted by Crippen LogP contribution is -2.39. The van der Waals surface area contributed by atoms with Crippen LogP contribution in [0.3, 0.4) is 0 Å². The quantitative estimate of drug-likeness (QED) is 0.892. The predicted molar refractivity (Wildman–Crippen MR) is 84.7 cm³/mol. The molecule has 0 aliphatic carbocycles. The summed E-state index contributed by atoms with van der Waals surface area (Å²) in [4.78, 5) is 12.5. The maximum absolute atomic E-state index is 12.5. The van der Waals surface area contributed by atoms with Gasteiger partial charge in [-0.25, -0.2) is 4.68 Å². The molecule has 1 aromatic heterocycles. The predicted octanol–water partition coefficient (Wildman–Crippen LogP) is 2.84. The minimum atomic E-state index is -0.607. The van der Waals surface area contributed by atoms with Crippen molar-refractivity contribution in [1.82, 2.24) is 9.78 Å². The third-order valence-corrected chi connectivity index (χ3v) is 4.05. The first-order valence-corrected chi connectivity index (χ1v) is 7.19. The zero-order valence-electron chi connectivity index (χ0n) is 12.1. The average molecular weight is 307 g/mol.